The monoisotopic (exact) mass is 272 g/mol. The van der Waals surface area contributed by atoms with E-state index in [4.69, 9.17) is 5.73 Å². The van der Waals surface area contributed by atoms with E-state index in [1.54, 1.807) is 0 Å². The highest BCUT2D eigenvalue weighted by molar-refractivity contribution is 5.25. The van der Waals surface area contributed by atoms with Gasteiger partial charge in [0.25, 0.3) is 0 Å². The lowest BCUT2D eigenvalue weighted by Crippen LogP contribution is -2.17. The van der Waals surface area contributed by atoms with Crippen molar-refractivity contribution >= 4 is 0 Å². The largest absolute Gasteiger partial charge is 0.324 e. The molecule has 4 nitrogen and oxygen atoms in total. The molecule has 20 heavy (non-hydrogen) atoms. The van der Waals surface area contributed by atoms with Crippen molar-refractivity contribution in [2.24, 2.45) is 11.7 Å². The molecule has 0 amide bonds. The van der Waals surface area contributed by atoms with Crippen LogP contribution < -0.4 is 5.73 Å². The van der Waals surface area contributed by atoms with Gasteiger partial charge in [0.1, 0.15) is 11.6 Å². The molecule has 1 atom stereocenters. The minimum atomic E-state index is 0.280. The second kappa shape index (κ2) is 6.66. The van der Waals surface area contributed by atoms with E-state index in [1.165, 1.54) is 5.56 Å². The molecule has 1 aromatic heterocycles. The molecule has 0 spiro atoms. The summed E-state index contributed by atoms with van der Waals surface area (Å²) in [7, 11) is 0. The number of benzene rings is 1. The lowest BCUT2D eigenvalue weighted by Gasteiger charge is -2.18. The average molecular weight is 272 g/mol. The Morgan fingerprint density at radius 1 is 1.15 bits per heavy atom. The third-order valence-electron chi connectivity index (χ3n) is 3.51. The van der Waals surface area contributed by atoms with Crippen LogP contribution in [0.4, 0.5) is 0 Å². The predicted octanol–water partition coefficient (Wildman–Crippen LogP) is 2.93. The van der Waals surface area contributed by atoms with Gasteiger partial charge in [0.05, 0.1) is 6.54 Å². The highest BCUT2D eigenvalue weighted by atomic mass is 15.3. The first-order chi connectivity index (χ1) is 9.67. The van der Waals surface area contributed by atoms with Gasteiger partial charge >= 0.3 is 0 Å². The molecule has 0 bridgehead atoms. The fourth-order valence-electron chi connectivity index (χ4n) is 2.57. The second-order valence-electron chi connectivity index (χ2n) is 5.55. The number of hydrogen-bond donors (Lipinski definition) is 1. The molecule has 4 heteroatoms. The molecule has 108 valence electrons. The first kappa shape index (κ1) is 14.7. The molecule has 0 fully saturated rings. The fourth-order valence-corrected chi connectivity index (χ4v) is 2.57. The summed E-state index contributed by atoms with van der Waals surface area (Å²) in [6.45, 7) is 7.94. The third kappa shape index (κ3) is 3.07. The Morgan fingerprint density at radius 2 is 1.85 bits per heavy atom. The first-order valence-corrected chi connectivity index (χ1v) is 7.34. The summed E-state index contributed by atoms with van der Waals surface area (Å²) in [4.78, 5) is 0. The van der Waals surface area contributed by atoms with Crippen LogP contribution in [0.3, 0.4) is 0 Å². The SMILES string of the molecule is CCC(c1ccccc1)c1nnc(CN)n1CC(C)C. The molecule has 2 aromatic rings. The van der Waals surface area contributed by atoms with Crippen molar-refractivity contribution in [3.8, 4) is 0 Å². The van der Waals surface area contributed by atoms with E-state index >= 15 is 0 Å². The molecule has 0 saturated heterocycles. The molecule has 0 aliphatic rings. The van der Waals surface area contributed by atoms with E-state index < -0.39 is 0 Å². The molecule has 2 N–H and O–H groups in total. The fraction of sp³-hybridized carbons (Fsp3) is 0.500. The van der Waals surface area contributed by atoms with E-state index in [0.717, 1.165) is 24.6 Å². The molecule has 1 unspecified atom stereocenters. The van der Waals surface area contributed by atoms with Gasteiger partial charge in [-0.3, -0.25) is 0 Å². The maximum atomic E-state index is 5.80. The third-order valence-corrected chi connectivity index (χ3v) is 3.51. The Balaban J connectivity index is 2.42. The van der Waals surface area contributed by atoms with Crippen LogP contribution in [0.5, 0.6) is 0 Å². The standard InChI is InChI=1S/C16H24N4/c1-4-14(13-8-6-5-7-9-13)16-19-18-15(10-17)20(16)11-12(2)3/h5-9,12,14H,4,10-11,17H2,1-3H3. The smallest absolute Gasteiger partial charge is 0.146 e. The first-order valence-electron chi connectivity index (χ1n) is 7.34. The minimum absolute atomic E-state index is 0.280. The zero-order chi connectivity index (χ0) is 14.5. The molecule has 1 aromatic carbocycles. The van der Waals surface area contributed by atoms with Gasteiger partial charge < -0.3 is 10.3 Å². The van der Waals surface area contributed by atoms with Crippen LogP contribution in [0, 0.1) is 5.92 Å². The van der Waals surface area contributed by atoms with Crippen LogP contribution in [0.1, 0.15) is 50.3 Å². The van der Waals surface area contributed by atoms with Crippen molar-refractivity contribution in [3.63, 3.8) is 0 Å². The highest BCUT2D eigenvalue weighted by Crippen LogP contribution is 2.27. The van der Waals surface area contributed by atoms with E-state index in [2.05, 4.69) is 59.8 Å². The van der Waals surface area contributed by atoms with Gasteiger partial charge in [0.2, 0.25) is 0 Å². The van der Waals surface area contributed by atoms with Gasteiger partial charge in [-0.05, 0) is 17.9 Å². The van der Waals surface area contributed by atoms with E-state index in [0.29, 0.717) is 12.5 Å². The highest BCUT2D eigenvalue weighted by Gasteiger charge is 2.21. The normalized spacial score (nSPS) is 12.8. The van der Waals surface area contributed by atoms with E-state index in [-0.39, 0.29) is 5.92 Å². The zero-order valence-corrected chi connectivity index (χ0v) is 12.6. The van der Waals surface area contributed by atoms with Crippen LogP contribution >= 0.6 is 0 Å². The summed E-state index contributed by atoms with van der Waals surface area (Å²) in [5, 5.41) is 8.69. The van der Waals surface area contributed by atoms with Gasteiger partial charge in [-0.15, -0.1) is 10.2 Å². The number of aromatic nitrogens is 3. The summed E-state index contributed by atoms with van der Waals surface area (Å²) in [6, 6.07) is 10.5. The Morgan fingerprint density at radius 3 is 2.40 bits per heavy atom. The van der Waals surface area contributed by atoms with Crippen LogP contribution in [0.2, 0.25) is 0 Å². The Bertz CT molecular complexity index is 531. The van der Waals surface area contributed by atoms with Crippen molar-refractivity contribution in [2.45, 2.75) is 46.2 Å². The van der Waals surface area contributed by atoms with Crippen molar-refractivity contribution in [1.82, 2.24) is 14.8 Å². The maximum absolute atomic E-state index is 5.80. The topological polar surface area (TPSA) is 56.7 Å². The maximum Gasteiger partial charge on any atom is 0.146 e. The molecule has 0 aliphatic heterocycles. The van der Waals surface area contributed by atoms with Crippen molar-refractivity contribution in [1.29, 1.82) is 0 Å². The Hall–Kier alpha value is -1.68. The van der Waals surface area contributed by atoms with Gasteiger partial charge in [-0.2, -0.15) is 0 Å². The van der Waals surface area contributed by atoms with Gasteiger partial charge in [-0.25, -0.2) is 0 Å². The number of nitrogens with two attached hydrogens (primary N) is 1. The van der Waals surface area contributed by atoms with Gasteiger partial charge in [0.15, 0.2) is 0 Å². The van der Waals surface area contributed by atoms with Gasteiger partial charge in [-0.1, -0.05) is 51.1 Å². The molecule has 2 rings (SSSR count). The number of hydrogen-bond acceptors (Lipinski definition) is 3. The quantitative estimate of drug-likeness (QED) is 0.879. The molecule has 0 saturated carbocycles. The Kier molecular flexibility index (Phi) is 4.90. The summed E-state index contributed by atoms with van der Waals surface area (Å²) in [5.74, 6) is 2.74. The van der Waals surface area contributed by atoms with Crippen LogP contribution in [0.15, 0.2) is 30.3 Å². The summed E-state index contributed by atoms with van der Waals surface area (Å²) in [6.07, 6.45) is 1.00. The molecule has 0 radical (unpaired) electrons. The molecule has 1 heterocycles. The predicted molar refractivity (Wildman–Crippen MR) is 81.3 cm³/mol. The van der Waals surface area contributed by atoms with E-state index in [9.17, 15) is 0 Å². The van der Waals surface area contributed by atoms with Crippen LogP contribution in [-0.2, 0) is 13.1 Å². The molecule has 0 aliphatic carbocycles. The lowest BCUT2D eigenvalue weighted by atomic mass is 9.95. The van der Waals surface area contributed by atoms with Crippen molar-refractivity contribution in [2.75, 3.05) is 0 Å². The van der Waals surface area contributed by atoms with Crippen molar-refractivity contribution < 1.29 is 0 Å². The summed E-state index contributed by atoms with van der Waals surface area (Å²) in [5.41, 5.74) is 7.08. The number of rotatable bonds is 6. The summed E-state index contributed by atoms with van der Waals surface area (Å²) >= 11 is 0. The molecular weight excluding hydrogens is 248 g/mol. The van der Waals surface area contributed by atoms with Crippen LogP contribution in [0.25, 0.3) is 0 Å². The second-order valence-corrected chi connectivity index (χ2v) is 5.55. The van der Waals surface area contributed by atoms with Gasteiger partial charge in [0, 0.05) is 12.5 Å². The summed E-state index contributed by atoms with van der Waals surface area (Å²) < 4.78 is 2.20. The molecular formula is C16H24N4. The van der Waals surface area contributed by atoms with E-state index in [1.807, 2.05) is 6.07 Å². The zero-order valence-electron chi connectivity index (χ0n) is 12.6. The van der Waals surface area contributed by atoms with Crippen LogP contribution in [-0.4, -0.2) is 14.8 Å². The van der Waals surface area contributed by atoms with Crippen molar-refractivity contribution in [3.05, 3.63) is 47.5 Å². The number of nitrogens with zero attached hydrogens (tertiary/aromatic N) is 3. The average Bonchev–Trinajstić information content (AvgIpc) is 2.83. The minimum Gasteiger partial charge on any atom is -0.324 e. The Labute approximate surface area is 121 Å². The lowest BCUT2D eigenvalue weighted by molar-refractivity contribution is 0.482.